The van der Waals surface area contributed by atoms with Crippen LogP contribution in [0, 0.1) is 0 Å². The highest BCUT2D eigenvalue weighted by Gasteiger charge is 2.16. The second-order valence-corrected chi connectivity index (χ2v) is 4.78. The lowest BCUT2D eigenvalue weighted by atomic mass is 10.2. The molecule has 0 aliphatic carbocycles. The van der Waals surface area contributed by atoms with Crippen molar-refractivity contribution in [2.75, 3.05) is 13.3 Å². The van der Waals surface area contributed by atoms with Crippen molar-refractivity contribution in [2.45, 2.75) is 0 Å². The molecule has 1 aromatic carbocycles. The van der Waals surface area contributed by atoms with Gasteiger partial charge < -0.3 is 14.8 Å². The predicted octanol–water partition coefficient (Wildman–Crippen LogP) is 0.930. The maximum Gasteiger partial charge on any atom is 0.329 e. The van der Waals surface area contributed by atoms with Crippen molar-refractivity contribution in [2.24, 2.45) is 5.10 Å². The third-order valence-corrected chi connectivity index (χ3v) is 3.16. The fraction of sp³-hybridized carbons (Fsp3) is 0.154. The number of carbonyl (C=O) groups excluding carboxylic acids is 2. The van der Waals surface area contributed by atoms with E-state index in [9.17, 15) is 9.59 Å². The molecule has 0 unspecified atom stereocenters. The maximum absolute atomic E-state index is 11.4. The molecule has 0 radical (unpaired) electrons. The van der Waals surface area contributed by atoms with Gasteiger partial charge in [0.15, 0.2) is 11.5 Å². The molecule has 0 saturated heterocycles. The number of hydrogen-bond donors (Lipinski definition) is 2. The molecule has 1 aliphatic heterocycles. The zero-order valence-corrected chi connectivity index (χ0v) is 12.5. The van der Waals surface area contributed by atoms with Crippen LogP contribution in [-0.2, 0) is 9.59 Å². The topological polar surface area (TPSA) is 89.0 Å². The molecular formula is C13H12BrN3O4. The van der Waals surface area contributed by atoms with E-state index in [1.165, 1.54) is 12.3 Å². The third-order valence-electron chi connectivity index (χ3n) is 2.47. The molecule has 110 valence electrons. The number of amides is 2. The number of ether oxygens (including phenoxy) is 2. The Morgan fingerprint density at radius 1 is 1.33 bits per heavy atom. The number of nitrogens with one attached hydrogen (secondary N) is 2. The van der Waals surface area contributed by atoms with Gasteiger partial charge in [-0.25, -0.2) is 5.43 Å². The minimum atomic E-state index is -0.857. The van der Waals surface area contributed by atoms with Crippen molar-refractivity contribution in [1.82, 2.24) is 10.7 Å². The van der Waals surface area contributed by atoms with E-state index in [0.29, 0.717) is 17.1 Å². The Morgan fingerprint density at radius 2 is 2.05 bits per heavy atom. The van der Waals surface area contributed by atoms with Crippen molar-refractivity contribution in [3.05, 3.63) is 34.8 Å². The average Bonchev–Trinajstić information content (AvgIpc) is 2.91. The van der Waals surface area contributed by atoms with Gasteiger partial charge in [0, 0.05) is 16.6 Å². The van der Waals surface area contributed by atoms with E-state index >= 15 is 0 Å². The number of benzene rings is 1. The van der Waals surface area contributed by atoms with Crippen LogP contribution in [0.25, 0.3) is 0 Å². The first-order chi connectivity index (χ1) is 10.1. The van der Waals surface area contributed by atoms with Crippen molar-refractivity contribution < 1.29 is 19.1 Å². The van der Waals surface area contributed by atoms with Crippen LogP contribution in [0.2, 0.25) is 0 Å². The van der Waals surface area contributed by atoms with Crippen LogP contribution >= 0.6 is 15.9 Å². The van der Waals surface area contributed by atoms with E-state index in [1.807, 2.05) is 0 Å². The normalized spacial score (nSPS) is 12.2. The average molecular weight is 354 g/mol. The van der Waals surface area contributed by atoms with Crippen molar-refractivity contribution in [1.29, 1.82) is 0 Å². The summed E-state index contributed by atoms with van der Waals surface area (Å²) in [6.07, 6.45) is 2.86. The zero-order chi connectivity index (χ0) is 15.2. The second-order valence-electron chi connectivity index (χ2n) is 3.92. The van der Waals surface area contributed by atoms with Gasteiger partial charge in [0.2, 0.25) is 6.79 Å². The van der Waals surface area contributed by atoms with Gasteiger partial charge in [-0.2, -0.15) is 5.10 Å². The molecule has 0 bridgehead atoms. The van der Waals surface area contributed by atoms with Gasteiger partial charge in [-0.05, 0) is 28.1 Å². The molecule has 2 amide bonds. The largest absolute Gasteiger partial charge is 0.454 e. The summed E-state index contributed by atoms with van der Waals surface area (Å²) in [4.78, 5) is 22.7. The van der Waals surface area contributed by atoms with E-state index in [-0.39, 0.29) is 13.3 Å². The molecule has 0 fully saturated rings. The van der Waals surface area contributed by atoms with Gasteiger partial charge in [-0.3, -0.25) is 9.59 Å². The minimum Gasteiger partial charge on any atom is -0.454 e. The van der Waals surface area contributed by atoms with Gasteiger partial charge >= 0.3 is 11.8 Å². The van der Waals surface area contributed by atoms with Crippen LogP contribution in [0.4, 0.5) is 0 Å². The van der Waals surface area contributed by atoms with Gasteiger partial charge in [0.1, 0.15) is 0 Å². The van der Waals surface area contributed by atoms with Crippen molar-refractivity contribution in [3.63, 3.8) is 0 Å². The molecular weight excluding hydrogens is 342 g/mol. The van der Waals surface area contributed by atoms with Crippen molar-refractivity contribution in [3.8, 4) is 11.5 Å². The molecule has 0 saturated carbocycles. The first-order valence-corrected chi connectivity index (χ1v) is 6.72. The molecule has 1 aliphatic rings. The van der Waals surface area contributed by atoms with E-state index in [2.05, 4.69) is 38.4 Å². The third kappa shape index (κ3) is 3.82. The van der Waals surface area contributed by atoms with Crippen LogP contribution < -0.4 is 20.2 Å². The smallest absolute Gasteiger partial charge is 0.329 e. The molecule has 8 heteroatoms. The molecule has 1 aromatic rings. The predicted molar refractivity (Wildman–Crippen MR) is 79.2 cm³/mol. The number of nitrogens with zero attached hydrogens (tertiary/aromatic N) is 1. The van der Waals surface area contributed by atoms with Gasteiger partial charge in [0.25, 0.3) is 0 Å². The van der Waals surface area contributed by atoms with Crippen LogP contribution in [-0.4, -0.2) is 31.4 Å². The summed E-state index contributed by atoms with van der Waals surface area (Å²) in [6.45, 7) is 3.81. The Labute approximate surface area is 129 Å². The number of fused-ring (bicyclic) bond motifs is 1. The van der Waals surface area contributed by atoms with Crippen LogP contribution in [0.5, 0.6) is 11.5 Å². The highest BCUT2D eigenvalue weighted by molar-refractivity contribution is 9.10. The summed E-state index contributed by atoms with van der Waals surface area (Å²) in [6, 6.07) is 3.45. The molecule has 0 spiro atoms. The summed E-state index contributed by atoms with van der Waals surface area (Å²) in [5.74, 6) is -0.414. The van der Waals surface area contributed by atoms with Gasteiger partial charge in [-0.1, -0.05) is 6.08 Å². The quantitative estimate of drug-likeness (QED) is 0.364. The lowest BCUT2D eigenvalue weighted by molar-refractivity contribution is -0.139. The lowest BCUT2D eigenvalue weighted by Crippen LogP contribution is -2.37. The molecule has 21 heavy (non-hydrogen) atoms. The lowest BCUT2D eigenvalue weighted by Gasteiger charge is -2.02. The van der Waals surface area contributed by atoms with E-state index in [1.54, 1.807) is 12.1 Å². The van der Waals surface area contributed by atoms with Crippen LogP contribution in [0.1, 0.15) is 5.56 Å². The summed E-state index contributed by atoms with van der Waals surface area (Å²) >= 11 is 3.35. The Morgan fingerprint density at radius 3 is 2.76 bits per heavy atom. The maximum atomic E-state index is 11.4. The summed E-state index contributed by atoms with van der Waals surface area (Å²) in [5.41, 5.74) is 2.80. The van der Waals surface area contributed by atoms with E-state index < -0.39 is 11.8 Å². The number of halogens is 1. The Kier molecular flexibility index (Phi) is 4.94. The Bertz CT molecular complexity index is 616. The molecule has 0 atom stereocenters. The summed E-state index contributed by atoms with van der Waals surface area (Å²) < 4.78 is 11.2. The number of rotatable bonds is 4. The minimum absolute atomic E-state index is 0.169. The first kappa shape index (κ1) is 15.0. The van der Waals surface area contributed by atoms with E-state index in [0.717, 1.165) is 4.47 Å². The molecule has 7 nitrogen and oxygen atoms in total. The first-order valence-electron chi connectivity index (χ1n) is 5.93. The number of carbonyl (C=O) groups is 2. The van der Waals surface area contributed by atoms with Gasteiger partial charge in [-0.15, -0.1) is 6.58 Å². The zero-order valence-electron chi connectivity index (χ0n) is 10.9. The number of hydrogen-bond acceptors (Lipinski definition) is 5. The Balaban J connectivity index is 1.97. The Hall–Kier alpha value is -2.35. The summed E-state index contributed by atoms with van der Waals surface area (Å²) in [5, 5.41) is 6.06. The number of hydrazone groups is 1. The molecule has 2 rings (SSSR count). The molecule has 2 N–H and O–H groups in total. The fourth-order valence-corrected chi connectivity index (χ4v) is 1.91. The van der Waals surface area contributed by atoms with Gasteiger partial charge in [0.05, 0.1) is 6.21 Å². The summed E-state index contributed by atoms with van der Waals surface area (Å²) in [7, 11) is 0. The molecule has 1 heterocycles. The van der Waals surface area contributed by atoms with Crippen molar-refractivity contribution >= 4 is 34.0 Å². The fourth-order valence-electron chi connectivity index (χ4n) is 1.49. The molecule has 0 aromatic heterocycles. The SMILES string of the molecule is C=CCNC(=O)C(=O)N/N=C/c1cc2c(cc1Br)OCO2. The highest BCUT2D eigenvalue weighted by atomic mass is 79.9. The second kappa shape index (κ2) is 6.89. The monoisotopic (exact) mass is 353 g/mol. The van der Waals surface area contributed by atoms with Crippen LogP contribution in [0.3, 0.4) is 0 Å². The standard InChI is InChI=1S/C13H12BrN3O4/c1-2-3-15-12(18)13(19)17-16-6-8-4-10-11(5-9(8)14)21-7-20-10/h2,4-6H,1,3,7H2,(H,15,18)(H,17,19)/b16-6+. The highest BCUT2D eigenvalue weighted by Crippen LogP contribution is 2.36. The van der Waals surface area contributed by atoms with E-state index in [4.69, 9.17) is 9.47 Å². The van der Waals surface area contributed by atoms with Crippen LogP contribution in [0.15, 0.2) is 34.4 Å².